The molecule has 0 saturated heterocycles. The summed E-state index contributed by atoms with van der Waals surface area (Å²) in [6, 6.07) is 5.87. The van der Waals surface area contributed by atoms with Gasteiger partial charge in [0.2, 0.25) is 0 Å². The fourth-order valence-corrected chi connectivity index (χ4v) is 2.36. The van der Waals surface area contributed by atoms with Gasteiger partial charge in [0.25, 0.3) is 5.91 Å². The predicted molar refractivity (Wildman–Crippen MR) is 75.0 cm³/mol. The molecule has 98 valence electrons. The molecule has 0 atom stereocenters. The van der Waals surface area contributed by atoms with Crippen molar-refractivity contribution < 1.29 is 19.8 Å². The maximum absolute atomic E-state index is 11.9. The predicted octanol–water partition coefficient (Wildman–Crippen LogP) is 3.17. The first-order valence-corrected chi connectivity index (χ1v) is 6.77. The van der Waals surface area contributed by atoms with Crippen LogP contribution in [0.25, 0.3) is 0 Å². The molecule has 0 aliphatic rings. The van der Waals surface area contributed by atoms with Crippen molar-refractivity contribution >= 4 is 44.8 Å². The molecule has 0 saturated carbocycles. The summed E-state index contributed by atoms with van der Waals surface area (Å²) in [6.45, 7) is 0. The molecule has 2 rings (SSSR count). The van der Waals surface area contributed by atoms with E-state index in [1.807, 2.05) is 0 Å². The Labute approximate surface area is 120 Å². The number of rotatable bonds is 3. The lowest BCUT2D eigenvalue weighted by Crippen LogP contribution is -2.13. The van der Waals surface area contributed by atoms with E-state index in [-0.39, 0.29) is 21.9 Å². The Balaban J connectivity index is 2.23. The highest BCUT2D eigenvalue weighted by molar-refractivity contribution is 9.10. The number of phenolic OH excluding ortho intramolecular Hbond substituents is 1. The highest BCUT2D eigenvalue weighted by Gasteiger charge is 2.15. The summed E-state index contributed by atoms with van der Waals surface area (Å²) < 4.78 is 0.478. The average Bonchev–Trinajstić information content (AvgIpc) is 2.80. The van der Waals surface area contributed by atoms with Crippen LogP contribution in [0.2, 0.25) is 0 Å². The van der Waals surface area contributed by atoms with Crippen molar-refractivity contribution in [2.75, 3.05) is 5.32 Å². The third-order valence-corrected chi connectivity index (χ3v) is 3.89. The normalized spacial score (nSPS) is 10.2. The first-order chi connectivity index (χ1) is 8.99. The van der Waals surface area contributed by atoms with Crippen LogP contribution >= 0.6 is 27.3 Å². The zero-order chi connectivity index (χ0) is 14.0. The number of hydrogen-bond acceptors (Lipinski definition) is 4. The molecule has 2 aromatic rings. The van der Waals surface area contributed by atoms with Gasteiger partial charge in [0.05, 0.1) is 10.2 Å². The van der Waals surface area contributed by atoms with Gasteiger partial charge in [-0.05, 0) is 45.6 Å². The summed E-state index contributed by atoms with van der Waals surface area (Å²) in [5.74, 6) is -1.64. The average molecular weight is 342 g/mol. The van der Waals surface area contributed by atoms with Gasteiger partial charge in [-0.2, -0.15) is 0 Å². The number of aromatic carboxylic acids is 1. The van der Waals surface area contributed by atoms with Gasteiger partial charge in [0.1, 0.15) is 10.6 Å². The molecule has 0 spiro atoms. The third-order valence-electron chi connectivity index (χ3n) is 2.32. The molecule has 0 aliphatic carbocycles. The van der Waals surface area contributed by atoms with E-state index in [0.717, 1.165) is 11.3 Å². The zero-order valence-corrected chi connectivity index (χ0v) is 11.8. The second-order valence-electron chi connectivity index (χ2n) is 3.59. The number of halogens is 1. The van der Waals surface area contributed by atoms with Crippen LogP contribution in [0.5, 0.6) is 5.75 Å². The van der Waals surface area contributed by atoms with Gasteiger partial charge in [0.15, 0.2) is 0 Å². The monoisotopic (exact) mass is 341 g/mol. The van der Waals surface area contributed by atoms with Crippen LogP contribution < -0.4 is 5.32 Å². The molecule has 0 aliphatic heterocycles. The van der Waals surface area contributed by atoms with Crippen molar-refractivity contribution in [2.24, 2.45) is 0 Å². The van der Waals surface area contributed by atoms with Crippen LogP contribution in [0.4, 0.5) is 5.69 Å². The third kappa shape index (κ3) is 2.94. The molecular formula is C12H8BrNO4S. The second kappa shape index (κ2) is 5.41. The summed E-state index contributed by atoms with van der Waals surface area (Å²) >= 11 is 4.14. The summed E-state index contributed by atoms with van der Waals surface area (Å²) in [4.78, 5) is 22.9. The molecule has 7 heteroatoms. The number of nitrogens with one attached hydrogen (secondary N) is 1. The first-order valence-electron chi connectivity index (χ1n) is 5.09. The molecular weight excluding hydrogens is 334 g/mol. The molecule has 1 aromatic heterocycles. The van der Waals surface area contributed by atoms with Crippen LogP contribution in [0, 0.1) is 0 Å². The van der Waals surface area contributed by atoms with Crippen LogP contribution in [-0.2, 0) is 0 Å². The zero-order valence-electron chi connectivity index (χ0n) is 9.38. The van der Waals surface area contributed by atoms with E-state index >= 15 is 0 Å². The summed E-state index contributed by atoms with van der Waals surface area (Å²) in [6.07, 6.45) is 0. The van der Waals surface area contributed by atoms with Crippen molar-refractivity contribution in [3.05, 3.63) is 44.6 Å². The highest BCUT2D eigenvalue weighted by Crippen LogP contribution is 2.26. The van der Waals surface area contributed by atoms with Crippen molar-refractivity contribution in [3.8, 4) is 5.75 Å². The quantitative estimate of drug-likeness (QED) is 0.800. The second-order valence-corrected chi connectivity index (χ2v) is 5.36. The van der Waals surface area contributed by atoms with Gasteiger partial charge in [0, 0.05) is 5.56 Å². The number of carbonyl (C=O) groups is 2. The number of anilines is 1. The van der Waals surface area contributed by atoms with E-state index in [4.69, 9.17) is 5.11 Å². The Morgan fingerprint density at radius 2 is 2.00 bits per heavy atom. The molecule has 3 N–H and O–H groups in total. The maximum atomic E-state index is 11.9. The standard InChI is InChI=1S/C12H8BrNO4S/c13-7-2-1-6(5-9(7)15)11(16)14-8-3-4-19-10(8)12(17)18/h1-5,15H,(H,14,16)(H,17,18). The van der Waals surface area contributed by atoms with Gasteiger partial charge < -0.3 is 15.5 Å². The molecule has 0 unspecified atom stereocenters. The first kappa shape index (κ1) is 13.6. The molecule has 1 aromatic carbocycles. The number of carboxylic acids is 1. The van der Waals surface area contributed by atoms with E-state index in [1.165, 1.54) is 24.3 Å². The molecule has 1 amide bonds. The number of thiophene rings is 1. The van der Waals surface area contributed by atoms with Gasteiger partial charge in [-0.1, -0.05) is 0 Å². The summed E-state index contributed by atoms with van der Waals surface area (Å²) in [7, 11) is 0. The number of carboxylic acid groups (broad SMARTS) is 1. The van der Waals surface area contributed by atoms with Crippen molar-refractivity contribution in [1.82, 2.24) is 0 Å². The summed E-state index contributed by atoms with van der Waals surface area (Å²) in [5, 5.41) is 22.5. The topological polar surface area (TPSA) is 86.6 Å². The Kier molecular flexibility index (Phi) is 3.87. The minimum atomic E-state index is -1.09. The van der Waals surface area contributed by atoms with E-state index in [1.54, 1.807) is 5.38 Å². The Hall–Kier alpha value is -1.86. The number of hydrogen-bond donors (Lipinski definition) is 3. The number of phenols is 1. The van der Waals surface area contributed by atoms with Crippen LogP contribution in [0.3, 0.4) is 0 Å². The highest BCUT2D eigenvalue weighted by atomic mass is 79.9. The van der Waals surface area contributed by atoms with Crippen LogP contribution in [-0.4, -0.2) is 22.1 Å². The lowest BCUT2D eigenvalue weighted by Gasteiger charge is -2.05. The van der Waals surface area contributed by atoms with Gasteiger partial charge in [-0.3, -0.25) is 4.79 Å². The van der Waals surface area contributed by atoms with Crippen molar-refractivity contribution in [3.63, 3.8) is 0 Å². The smallest absolute Gasteiger partial charge is 0.348 e. The van der Waals surface area contributed by atoms with Crippen molar-refractivity contribution in [1.29, 1.82) is 0 Å². The molecule has 0 bridgehead atoms. The number of aromatic hydroxyl groups is 1. The molecule has 19 heavy (non-hydrogen) atoms. The largest absolute Gasteiger partial charge is 0.507 e. The minimum absolute atomic E-state index is 0.0589. The molecule has 5 nitrogen and oxygen atoms in total. The SMILES string of the molecule is O=C(Nc1ccsc1C(=O)O)c1ccc(Br)c(O)c1. The van der Waals surface area contributed by atoms with E-state index in [9.17, 15) is 14.7 Å². The summed E-state index contributed by atoms with van der Waals surface area (Å²) in [5.41, 5.74) is 0.480. The molecule has 0 radical (unpaired) electrons. The lowest BCUT2D eigenvalue weighted by atomic mass is 10.2. The fourth-order valence-electron chi connectivity index (χ4n) is 1.42. The Bertz CT molecular complexity index is 653. The van der Waals surface area contributed by atoms with Crippen LogP contribution in [0.15, 0.2) is 34.1 Å². The Morgan fingerprint density at radius 3 is 2.63 bits per heavy atom. The lowest BCUT2D eigenvalue weighted by molar-refractivity contribution is 0.0703. The number of amides is 1. The minimum Gasteiger partial charge on any atom is -0.507 e. The van der Waals surface area contributed by atoms with E-state index in [0.29, 0.717) is 4.47 Å². The van der Waals surface area contributed by atoms with Crippen LogP contribution in [0.1, 0.15) is 20.0 Å². The number of carbonyl (C=O) groups excluding carboxylic acids is 1. The van der Waals surface area contributed by atoms with Crippen molar-refractivity contribution in [2.45, 2.75) is 0 Å². The Morgan fingerprint density at radius 1 is 1.26 bits per heavy atom. The fraction of sp³-hybridized carbons (Fsp3) is 0. The van der Waals surface area contributed by atoms with Gasteiger partial charge in [-0.15, -0.1) is 11.3 Å². The van der Waals surface area contributed by atoms with E-state index in [2.05, 4.69) is 21.2 Å². The van der Waals surface area contributed by atoms with E-state index < -0.39 is 11.9 Å². The molecule has 0 fully saturated rings. The maximum Gasteiger partial charge on any atom is 0.348 e. The number of benzene rings is 1. The molecule has 1 heterocycles. The van der Waals surface area contributed by atoms with Gasteiger partial charge in [-0.25, -0.2) is 4.79 Å². The van der Waals surface area contributed by atoms with Gasteiger partial charge >= 0.3 is 5.97 Å².